The first-order chi connectivity index (χ1) is 16.4. The second-order valence-electron chi connectivity index (χ2n) is 8.75. The molecule has 1 saturated carbocycles. The predicted molar refractivity (Wildman–Crippen MR) is 126 cm³/mol. The predicted octanol–water partition coefficient (Wildman–Crippen LogP) is 5.22. The largest absolute Gasteiger partial charge is 0.482 e. The fourth-order valence-electron chi connectivity index (χ4n) is 4.90. The number of carboxylic acid groups (broad SMARTS) is 1. The number of nitrogens with zero attached hydrogens (tertiary/aromatic N) is 1. The van der Waals surface area contributed by atoms with E-state index < -0.39 is 18.6 Å². The molecule has 1 heterocycles. The maximum atomic E-state index is 13.8. The average molecular weight is 480 g/mol. The Morgan fingerprint density at radius 3 is 2.59 bits per heavy atom. The number of halogens is 2. The fraction of sp³-hybridized carbons (Fsp3) is 0.259. The van der Waals surface area contributed by atoms with Crippen molar-refractivity contribution in [2.45, 2.75) is 24.8 Å². The monoisotopic (exact) mass is 479 g/mol. The van der Waals surface area contributed by atoms with E-state index >= 15 is 0 Å². The molecule has 0 spiro atoms. The molecule has 0 aromatic heterocycles. The highest BCUT2D eigenvalue weighted by atomic mass is 35.5. The van der Waals surface area contributed by atoms with Gasteiger partial charge in [-0.25, -0.2) is 9.18 Å². The van der Waals surface area contributed by atoms with Crippen molar-refractivity contribution >= 4 is 23.5 Å². The molecule has 1 aliphatic heterocycles. The van der Waals surface area contributed by atoms with Crippen LogP contribution in [0.3, 0.4) is 0 Å². The van der Waals surface area contributed by atoms with Gasteiger partial charge in [-0.3, -0.25) is 4.79 Å². The molecule has 3 unspecified atom stereocenters. The van der Waals surface area contributed by atoms with E-state index in [1.165, 1.54) is 12.1 Å². The maximum Gasteiger partial charge on any atom is 0.341 e. The number of hydrogen-bond acceptors (Lipinski definition) is 3. The van der Waals surface area contributed by atoms with Gasteiger partial charge < -0.3 is 14.7 Å². The van der Waals surface area contributed by atoms with Crippen LogP contribution in [0.2, 0.25) is 5.02 Å². The number of carbonyl (C=O) groups excluding carboxylic acids is 1. The van der Waals surface area contributed by atoms with Crippen molar-refractivity contribution in [1.82, 2.24) is 4.90 Å². The molecule has 0 radical (unpaired) electrons. The summed E-state index contributed by atoms with van der Waals surface area (Å²) in [6, 6.07) is 18.9. The molecular formula is C27H23ClFNO4. The van der Waals surface area contributed by atoms with Crippen molar-refractivity contribution in [3.05, 3.63) is 99.8 Å². The zero-order valence-electron chi connectivity index (χ0n) is 18.3. The Morgan fingerprint density at radius 1 is 1.06 bits per heavy atom. The van der Waals surface area contributed by atoms with Crippen LogP contribution in [0.15, 0.2) is 66.7 Å². The van der Waals surface area contributed by atoms with Crippen molar-refractivity contribution in [3.63, 3.8) is 0 Å². The molecule has 5 nitrogen and oxygen atoms in total. The fourth-order valence-corrected chi connectivity index (χ4v) is 5.08. The number of rotatable bonds is 6. The molecule has 1 fully saturated rings. The lowest BCUT2D eigenvalue weighted by Crippen LogP contribution is -2.41. The highest BCUT2D eigenvalue weighted by Gasteiger charge is 2.48. The van der Waals surface area contributed by atoms with Crippen molar-refractivity contribution in [2.24, 2.45) is 5.92 Å². The molecular weight excluding hydrogens is 457 g/mol. The molecule has 2 aliphatic rings. The molecule has 0 bridgehead atoms. The number of carboxylic acids is 1. The minimum absolute atomic E-state index is 0.0259. The van der Waals surface area contributed by atoms with E-state index in [1.807, 2.05) is 29.2 Å². The van der Waals surface area contributed by atoms with Crippen LogP contribution in [0.4, 0.5) is 4.39 Å². The molecule has 1 N–H and O–H groups in total. The number of carbonyl (C=O) groups is 2. The summed E-state index contributed by atoms with van der Waals surface area (Å²) in [5.41, 5.74) is 3.73. The smallest absolute Gasteiger partial charge is 0.341 e. The molecule has 0 saturated heterocycles. The van der Waals surface area contributed by atoms with E-state index in [4.69, 9.17) is 21.4 Å². The van der Waals surface area contributed by atoms with Crippen LogP contribution < -0.4 is 4.74 Å². The Hall–Kier alpha value is -3.38. The molecule has 5 rings (SSSR count). The van der Waals surface area contributed by atoms with E-state index in [-0.39, 0.29) is 23.6 Å². The van der Waals surface area contributed by atoms with Gasteiger partial charge in [0.25, 0.3) is 0 Å². The van der Waals surface area contributed by atoms with E-state index in [1.54, 1.807) is 30.3 Å². The summed E-state index contributed by atoms with van der Waals surface area (Å²) in [6.07, 6.45) is 1.44. The standard InChI is InChI=1S/C27H23ClFNO4/c28-18-7-10-24(34-15-25(31)32)23(13-18)26-20-4-2-1-3-16(20)11-12-30(26)27(33)22-14-21(22)17-5-8-19(29)9-6-17/h1-10,13,21-22,26H,11-12,14-15H2,(H,31,32). The molecule has 34 heavy (non-hydrogen) atoms. The summed E-state index contributed by atoms with van der Waals surface area (Å²) in [4.78, 5) is 26.8. The Balaban J connectivity index is 1.51. The van der Waals surface area contributed by atoms with Crippen LogP contribution >= 0.6 is 11.6 Å². The summed E-state index contributed by atoms with van der Waals surface area (Å²) >= 11 is 6.34. The van der Waals surface area contributed by atoms with Crippen LogP contribution in [0.25, 0.3) is 0 Å². The Morgan fingerprint density at radius 2 is 1.82 bits per heavy atom. The Kier molecular flexibility index (Phi) is 6.00. The lowest BCUT2D eigenvalue weighted by molar-refractivity contribution is -0.139. The Labute approximate surface area is 201 Å². The maximum absolute atomic E-state index is 13.8. The zero-order valence-corrected chi connectivity index (χ0v) is 19.0. The van der Waals surface area contributed by atoms with Crippen molar-refractivity contribution in [1.29, 1.82) is 0 Å². The molecule has 3 atom stereocenters. The van der Waals surface area contributed by atoms with Gasteiger partial charge in [0.05, 0.1) is 6.04 Å². The molecule has 1 amide bonds. The van der Waals surface area contributed by atoms with Gasteiger partial charge in [0.15, 0.2) is 6.61 Å². The van der Waals surface area contributed by atoms with Gasteiger partial charge in [-0.05, 0) is 65.8 Å². The minimum Gasteiger partial charge on any atom is -0.482 e. The van der Waals surface area contributed by atoms with E-state index in [0.29, 0.717) is 29.3 Å². The van der Waals surface area contributed by atoms with Gasteiger partial charge in [-0.15, -0.1) is 0 Å². The number of benzene rings is 3. The first-order valence-electron chi connectivity index (χ1n) is 11.2. The van der Waals surface area contributed by atoms with Crippen molar-refractivity contribution in [2.75, 3.05) is 13.2 Å². The third-order valence-corrected chi connectivity index (χ3v) is 6.82. The zero-order chi connectivity index (χ0) is 23.8. The number of fused-ring (bicyclic) bond motifs is 1. The quantitative estimate of drug-likeness (QED) is 0.526. The molecule has 174 valence electrons. The number of hydrogen-bond donors (Lipinski definition) is 1. The summed E-state index contributed by atoms with van der Waals surface area (Å²) in [5.74, 6) is -1.09. The second kappa shape index (κ2) is 9.11. The molecule has 3 aromatic carbocycles. The highest BCUT2D eigenvalue weighted by Crippen LogP contribution is 2.51. The van der Waals surface area contributed by atoms with Crippen molar-refractivity contribution < 1.29 is 23.8 Å². The molecule has 1 aliphatic carbocycles. The summed E-state index contributed by atoms with van der Waals surface area (Å²) in [7, 11) is 0. The van der Waals surface area contributed by atoms with Gasteiger partial charge in [-0.2, -0.15) is 0 Å². The Bertz CT molecular complexity index is 1250. The highest BCUT2D eigenvalue weighted by molar-refractivity contribution is 6.30. The first-order valence-corrected chi connectivity index (χ1v) is 11.6. The average Bonchev–Trinajstić information content (AvgIpc) is 3.63. The van der Waals surface area contributed by atoms with E-state index in [9.17, 15) is 14.0 Å². The molecule has 3 aromatic rings. The van der Waals surface area contributed by atoms with Gasteiger partial charge in [0.2, 0.25) is 5.91 Å². The molecule has 7 heteroatoms. The third kappa shape index (κ3) is 4.38. The number of ether oxygens (including phenoxy) is 1. The van der Waals surface area contributed by atoms with Gasteiger partial charge in [0.1, 0.15) is 11.6 Å². The van der Waals surface area contributed by atoms with Crippen LogP contribution in [0.5, 0.6) is 5.75 Å². The van der Waals surface area contributed by atoms with Gasteiger partial charge in [0, 0.05) is 23.0 Å². The topological polar surface area (TPSA) is 66.8 Å². The van der Waals surface area contributed by atoms with Crippen LogP contribution in [0.1, 0.15) is 40.6 Å². The lowest BCUT2D eigenvalue weighted by Gasteiger charge is -2.38. The van der Waals surface area contributed by atoms with E-state index in [0.717, 1.165) is 23.1 Å². The summed E-state index contributed by atoms with van der Waals surface area (Å²) < 4.78 is 18.9. The third-order valence-electron chi connectivity index (χ3n) is 6.59. The normalized spacial score (nSPS) is 21.0. The van der Waals surface area contributed by atoms with Crippen LogP contribution in [-0.4, -0.2) is 35.0 Å². The summed E-state index contributed by atoms with van der Waals surface area (Å²) in [5, 5.41) is 9.60. The van der Waals surface area contributed by atoms with Gasteiger partial charge in [-0.1, -0.05) is 48.0 Å². The van der Waals surface area contributed by atoms with Crippen LogP contribution in [-0.2, 0) is 16.0 Å². The first kappa shape index (κ1) is 22.4. The van der Waals surface area contributed by atoms with Crippen molar-refractivity contribution in [3.8, 4) is 5.75 Å². The minimum atomic E-state index is -1.09. The van der Waals surface area contributed by atoms with Crippen LogP contribution in [0, 0.1) is 11.7 Å². The lowest BCUT2D eigenvalue weighted by atomic mass is 9.87. The van der Waals surface area contributed by atoms with Gasteiger partial charge >= 0.3 is 5.97 Å². The summed E-state index contributed by atoms with van der Waals surface area (Å²) in [6.45, 7) is 0.0320. The SMILES string of the molecule is O=C(O)COc1ccc(Cl)cc1C1c2ccccc2CCN1C(=O)C1CC1c1ccc(F)cc1. The number of amides is 1. The number of aliphatic carboxylic acids is 1. The second-order valence-corrected chi connectivity index (χ2v) is 9.18. The van der Waals surface area contributed by atoms with E-state index in [2.05, 4.69) is 0 Å².